The Morgan fingerprint density at radius 1 is 0.980 bits per heavy atom. The van der Waals surface area contributed by atoms with Gasteiger partial charge < -0.3 is 19.9 Å². The predicted octanol–water partition coefficient (Wildman–Crippen LogP) is 8.05. The number of nitrogens with zero attached hydrogens (tertiary/aromatic N) is 3. The number of aromatic nitrogens is 2. The normalized spacial score (nSPS) is 21.0. The van der Waals surface area contributed by atoms with Gasteiger partial charge in [0.1, 0.15) is 11.9 Å². The lowest BCUT2D eigenvalue weighted by atomic mass is 9.94. The van der Waals surface area contributed by atoms with Gasteiger partial charge in [-0.25, -0.2) is 4.98 Å². The summed E-state index contributed by atoms with van der Waals surface area (Å²) in [6.07, 6.45) is 12.8. The Morgan fingerprint density at radius 2 is 1.66 bits per heavy atom. The Labute approximate surface area is 294 Å². The fraction of sp³-hybridized carbons (Fsp3) is 0.429. The molecule has 2 aliphatic carbocycles. The number of carbonyl (C=O) groups is 2. The molecule has 3 heterocycles. The molecule has 2 N–H and O–H groups in total. The Balaban J connectivity index is 0.946. The van der Waals surface area contributed by atoms with Crippen molar-refractivity contribution in [3.8, 4) is 22.4 Å². The van der Waals surface area contributed by atoms with Gasteiger partial charge in [0.25, 0.3) is 0 Å². The molecular formula is C42H47N5O3. The van der Waals surface area contributed by atoms with Gasteiger partial charge >= 0.3 is 0 Å². The van der Waals surface area contributed by atoms with Crippen LogP contribution in [0.25, 0.3) is 38.7 Å². The van der Waals surface area contributed by atoms with Crippen molar-refractivity contribution in [1.82, 2.24) is 20.2 Å². The summed E-state index contributed by atoms with van der Waals surface area (Å²) in [4.78, 5) is 41.5. The van der Waals surface area contributed by atoms with Crippen LogP contribution in [0.3, 0.4) is 0 Å². The minimum atomic E-state index is -0.714. The topological polar surface area (TPSA) is 99.7 Å². The summed E-state index contributed by atoms with van der Waals surface area (Å²) in [6, 6.07) is 21.3. The highest BCUT2D eigenvalue weighted by Gasteiger charge is 2.55. The minimum Gasteiger partial charge on any atom is -0.379 e. The fourth-order valence-corrected chi connectivity index (χ4v) is 8.28. The van der Waals surface area contributed by atoms with Crippen molar-refractivity contribution in [2.75, 3.05) is 13.7 Å². The van der Waals surface area contributed by atoms with Crippen molar-refractivity contribution in [3.63, 3.8) is 0 Å². The quantitative estimate of drug-likeness (QED) is 0.179. The van der Waals surface area contributed by atoms with Gasteiger partial charge in [0, 0.05) is 49.9 Å². The van der Waals surface area contributed by atoms with E-state index in [1.54, 1.807) is 14.0 Å². The van der Waals surface area contributed by atoms with Crippen LogP contribution in [0.15, 0.2) is 78.1 Å². The summed E-state index contributed by atoms with van der Waals surface area (Å²) in [5, 5.41) is 5.35. The molecule has 4 aromatic rings. The van der Waals surface area contributed by atoms with Crippen LogP contribution in [-0.4, -0.2) is 64.2 Å². The summed E-state index contributed by atoms with van der Waals surface area (Å²) < 4.78 is 5.53. The number of benzene rings is 3. The summed E-state index contributed by atoms with van der Waals surface area (Å²) in [5.74, 6) is 1.49. The SMILES string of the molecule is CCC(=O)N[C@H](C(=O)N1CC2(CC2)C[C@H]1C1=NC=C(c2ccc(-c3ccc4cc(-c5cnc(C6CCCC6)[nH]5)ccc4c3)cc2)C1)[C@@H](C)OC. The molecule has 2 saturated carbocycles. The molecule has 4 aliphatic rings. The number of ether oxygens (including phenoxy) is 1. The number of hydrogen-bond acceptors (Lipinski definition) is 5. The zero-order valence-electron chi connectivity index (χ0n) is 29.4. The Kier molecular flexibility index (Phi) is 8.67. The molecule has 8 rings (SSSR count). The molecule has 1 saturated heterocycles. The highest BCUT2D eigenvalue weighted by Crippen LogP contribution is 2.55. The third kappa shape index (κ3) is 6.30. The van der Waals surface area contributed by atoms with E-state index in [0.717, 1.165) is 47.6 Å². The number of nitrogens with one attached hydrogen (secondary N) is 2. The number of rotatable bonds is 10. The number of imidazole rings is 1. The van der Waals surface area contributed by atoms with Crippen molar-refractivity contribution in [2.45, 2.75) is 95.7 Å². The first-order chi connectivity index (χ1) is 24.3. The molecule has 258 valence electrons. The van der Waals surface area contributed by atoms with Crippen LogP contribution in [-0.2, 0) is 14.3 Å². The maximum absolute atomic E-state index is 14.0. The molecule has 2 aliphatic heterocycles. The molecule has 0 bridgehead atoms. The van der Waals surface area contributed by atoms with Gasteiger partial charge in [0.15, 0.2) is 0 Å². The monoisotopic (exact) mass is 669 g/mol. The Morgan fingerprint density at radius 3 is 2.36 bits per heavy atom. The van der Waals surface area contributed by atoms with Crippen LogP contribution in [0, 0.1) is 5.41 Å². The second-order valence-corrected chi connectivity index (χ2v) is 15.0. The first-order valence-electron chi connectivity index (χ1n) is 18.4. The van der Waals surface area contributed by atoms with Crippen LogP contribution < -0.4 is 5.32 Å². The van der Waals surface area contributed by atoms with Crippen molar-refractivity contribution in [3.05, 3.63) is 84.4 Å². The summed E-state index contributed by atoms with van der Waals surface area (Å²) >= 11 is 0. The first kappa shape index (κ1) is 32.6. The molecule has 1 aromatic heterocycles. The number of hydrogen-bond donors (Lipinski definition) is 2. The number of amides is 2. The second kappa shape index (κ2) is 13.3. The van der Waals surface area contributed by atoms with E-state index in [0.29, 0.717) is 25.3 Å². The van der Waals surface area contributed by atoms with Gasteiger partial charge in [-0.1, -0.05) is 68.3 Å². The molecular weight excluding hydrogens is 622 g/mol. The molecule has 8 heteroatoms. The molecule has 50 heavy (non-hydrogen) atoms. The molecule has 3 atom stereocenters. The van der Waals surface area contributed by atoms with E-state index in [9.17, 15) is 9.59 Å². The number of carbonyl (C=O) groups excluding carboxylic acids is 2. The number of methoxy groups -OCH3 is 1. The van der Waals surface area contributed by atoms with Crippen LogP contribution in [0.4, 0.5) is 0 Å². The average Bonchev–Trinajstić information content (AvgIpc) is 3.72. The van der Waals surface area contributed by atoms with E-state index in [1.165, 1.54) is 53.1 Å². The molecule has 2 amide bonds. The third-order valence-electron chi connectivity index (χ3n) is 11.7. The summed E-state index contributed by atoms with van der Waals surface area (Å²) in [5.41, 5.74) is 8.14. The zero-order chi connectivity index (χ0) is 34.4. The van der Waals surface area contributed by atoms with Crippen molar-refractivity contribution in [2.24, 2.45) is 10.4 Å². The average molecular weight is 670 g/mol. The predicted molar refractivity (Wildman–Crippen MR) is 199 cm³/mol. The first-order valence-corrected chi connectivity index (χ1v) is 18.4. The Bertz CT molecular complexity index is 1980. The molecule has 1 spiro atoms. The van der Waals surface area contributed by atoms with Crippen molar-refractivity contribution < 1.29 is 14.3 Å². The summed E-state index contributed by atoms with van der Waals surface area (Å²) in [6.45, 7) is 4.35. The number of allylic oxidation sites excluding steroid dienone is 1. The van der Waals surface area contributed by atoms with Crippen LogP contribution >= 0.6 is 0 Å². The summed E-state index contributed by atoms with van der Waals surface area (Å²) in [7, 11) is 1.58. The van der Waals surface area contributed by atoms with Gasteiger partial charge in [-0.15, -0.1) is 0 Å². The van der Waals surface area contributed by atoms with Gasteiger partial charge in [-0.2, -0.15) is 0 Å². The van der Waals surface area contributed by atoms with Gasteiger partial charge in [0.2, 0.25) is 11.8 Å². The maximum atomic E-state index is 14.0. The van der Waals surface area contributed by atoms with Gasteiger partial charge in [0.05, 0.1) is 24.0 Å². The maximum Gasteiger partial charge on any atom is 0.248 e. The number of likely N-dealkylation sites (tertiary alicyclic amines) is 1. The molecule has 3 aromatic carbocycles. The number of fused-ring (bicyclic) bond motifs is 1. The molecule has 0 radical (unpaired) electrons. The lowest BCUT2D eigenvalue weighted by Crippen LogP contribution is -2.56. The molecule has 8 nitrogen and oxygen atoms in total. The van der Waals surface area contributed by atoms with E-state index in [1.807, 2.05) is 24.2 Å². The zero-order valence-corrected chi connectivity index (χ0v) is 29.4. The smallest absolute Gasteiger partial charge is 0.248 e. The third-order valence-corrected chi connectivity index (χ3v) is 11.7. The number of aliphatic imine (C=N–C) groups is 1. The van der Waals surface area contributed by atoms with Gasteiger partial charge in [-0.3, -0.25) is 14.6 Å². The minimum absolute atomic E-state index is 0.0659. The molecule has 3 fully saturated rings. The van der Waals surface area contributed by atoms with Crippen molar-refractivity contribution >= 4 is 33.9 Å². The standard InChI is InChI=1S/C42H47N5O3/c1-4-38(48)46-39(26(2)50-3)41(49)47-25-42(17-18-42)22-37(47)35-21-34(23-43-35)28-11-9-27(10-12-28)30-13-14-32-20-33(16-15-31(32)19-30)36-24-44-40(45-36)29-7-5-6-8-29/h9-16,19-20,23-24,26,29,37,39H,4-8,17-18,21-22,25H2,1-3H3,(H,44,45)(H,46,48)/t26-,37+,39+/m1/s1. The highest BCUT2D eigenvalue weighted by atomic mass is 16.5. The van der Waals surface area contributed by atoms with Crippen LogP contribution in [0.5, 0.6) is 0 Å². The lowest BCUT2D eigenvalue weighted by molar-refractivity contribution is -0.140. The van der Waals surface area contributed by atoms with Crippen molar-refractivity contribution in [1.29, 1.82) is 0 Å². The number of H-pyrrole nitrogens is 1. The van der Waals surface area contributed by atoms with E-state index < -0.39 is 12.1 Å². The van der Waals surface area contributed by atoms with E-state index in [2.05, 4.69) is 71.0 Å². The van der Waals surface area contributed by atoms with E-state index in [4.69, 9.17) is 14.7 Å². The number of aromatic amines is 1. The van der Waals surface area contributed by atoms with E-state index >= 15 is 0 Å². The highest BCUT2D eigenvalue weighted by molar-refractivity contribution is 6.04. The van der Waals surface area contributed by atoms with E-state index in [-0.39, 0.29) is 23.3 Å². The van der Waals surface area contributed by atoms with Crippen LogP contribution in [0.2, 0.25) is 0 Å². The fourth-order valence-electron chi connectivity index (χ4n) is 8.28. The second-order valence-electron chi connectivity index (χ2n) is 15.0. The van der Waals surface area contributed by atoms with Crippen LogP contribution in [0.1, 0.15) is 88.9 Å². The van der Waals surface area contributed by atoms with Gasteiger partial charge in [-0.05, 0) is 89.6 Å². The largest absolute Gasteiger partial charge is 0.379 e. The lowest BCUT2D eigenvalue weighted by Gasteiger charge is -2.31. The Hall–Kier alpha value is -4.56. The molecule has 0 unspecified atom stereocenters.